The van der Waals surface area contributed by atoms with E-state index < -0.39 is 5.41 Å². The number of carbonyl (C=O) groups excluding carboxylic acids is 1. The monoisotopic (exact) mass is 294 g/mol. The van der Waals surface area contributed by atoms with E-state index in [1.54, 1.807) is 18.5 Å². The van der Waals surface area contributed by atoms with Crippen LogP contribution in [0.3, 0.4) is 0 Å². The topological polar surface area (TPSA) is 69.9 Å². The van der Waals surface area contributed by atoms with Crippen LogP contribution in [0.4, 0.5) is 5.95 Å². The third-order valence-corrected chi connectivity index (χ3v) is 4.55. The molecule has 0 unspecified atom stereocenters. The Morgan fingerprint density at radius 1 is 1.27 bits per heavy atom. The molecule has 0 spiro atoms. The molecule has 5 nitrogen and oxygen atoms in total. The number of nitrogens with zero attached hydrogens (tertiary/aromatic N) is 4. The molecule has 0 amide bonds. The van der Waals surface area contributed by atoms with E-state index >= 15 is 0 Å². The van der Waals surface area contributed by atoms with Crippen molar-refractivity contribution in [3.05, 3.63) is 41.8 Å². The zero-order chi connectivity index (χ0) is 16.0. The highest BCUT2D eigenvalue weighted by Crippen LogP contribution is 2.49. The lowest BCUT2D eigenvalue weighted by atomic mass is 9.60. The minimum absolute atomic E-state index is 0.0943. The average Bonchev–Trinajstić information content (AvgIpc) is 2.51. The van der Waals surface area contributed by atoms with Gasteiger partial charge in [0.15, 0.2) is 5.78 Å². The van der Waals surface area contributed by atoms with E-state index in [9.17, 15) is 10.1 Å². The van der Waals surface area contributed by atoms with Gasteiger partial charge >= 0.3 is 0 Å². The quantitative estimate of drug-likeness (QED) is 0.743. The number of anilines is 1. The number of carbonyl (C=O) groups is 1. The van der Waals surface area contributed by atoms with Crippen LogP contribution in [0.2, 0.25) is 0 Å². The molecule has 22 heavy (non-hydrogen) atoms. The van der Waals surface area contributed by atoms with Crippen LogP contribution in [-0.4, -0.2) is 28.8 Å². The Kier molecular flexibility index (Phi) is 3.13. The van der Waals surface area contributed by atoms with Crippen LogP contribution >= 0.6 is 0 Å². The molecule has 1 aromatic heterocycles. The van der Waals surface area contributed by atoms with Gasteiger partial charge in [0.05, 0.1) is 11.0 Å². The highest BCUT2D eigenvalue weighted by atomic mass is 16.1. The van der Waals surface area contributed by atoms with Gasteiger partial charge in [-0.3, -0.25) is 4.79 Å². The number of Topliss-reactive ketones (excluding diaryl/α,β-unsaturated/α-hetero) is 1. The van der Waals surface area contributed by atoms with Crippen LogP contribution in [0.15, 0.2) is 41.8 Å². The molecule has 1 aliphatic carbocycles. The summed E-state index contributed by atoms with van der Waals surface area (Å²) < 4.78 is 0. The predicted molar refractivity (Wildman–Crippen MR) is 82.9 cm³/mol. The normalized spacial score (nSPS) is 26.6. The fraction of sp³-hybridized carbons (Fsp3) is 0.412. The zero-order valence-electron chi connectivity index (χ0n) is 13.0. The first-order valence-corrected chi connectivity index (χ1v) is 7.29. The molecule has 0 bridgehead atoms. The van der Waals surface area contributed by atoms with Crippen molar-refractivity contribution in [1.82, 2.24) is 9.97 Å². The summed E-state index contributed by atoms with van der Waals surface area (Å²) in [5, 5.41) is 9.28. The van der Waals surface area contributed by atoms with E-state index in [1.807, 2.05) is 19.9 Å². The van der Waals surface area contributed by atoms with E-state index in [2.05, 4.69) is 33.9 Å². The lowest BCUT2D eigenvalue weighted by Crippen LogP contribution is -2.49. The van der Waals surface area contributed by atoms with Gasteiger partial charge in [0.2, 0.25) is 5.95 Å². The lowest BCUT2D eigenvalue weighted by Gasteiger charge is -2.47. The number of hydrogen-bond acceptors (Lipinski definition) is 5. The molecular weight excluding hydrogens is 276 g/mol. The molecule has 112 valence electrons. The summed E-state index contributed by atoms with van der Waals surface area (Å²) in [7, 11) is 0. The Morgan fingerprint density at radius 2 is 1.95 bits per heavy atom. The van der Waals surface area contributed by atoms with Gasteiger partial charge in [0, 0.05) is 30.9 Å². The summed E-state index contributed by atoms with van der Waals surface area (Å²) >= 11 is 0. The molecule has 0 aromatic carbocycles. The van der Waals surface area contributed by atoms with Gasteiger partial charge in [-0.1, -0.05) is 19.1 Å². The number of rotatable bonds is 1. The maximum absolute atomic E-state index is 12.5. The number of nitriles is 1. The number of hydrogen-bond donors (Lipinski definition) is 0. The number of aromatic nitrogens is 2. The first kappa shape index (κ1) is 14.5. The summed E-state index contributed by atoms with van der Waals surface area (Å²) in [5.41, 5.74) is 0.328. The van der Waals surface area contributed by atoms with Gasteiger partial charge in [-0.25, -0.2) is 9.97 Å². The summed E-state index contributed by atoms with van der Waals surface area (Å²) in [6.07, 6.45) is 7.33. The predicted octanol–water partition coefficient (Wildman–Crippen LogP) is 2.29. The molecule has 3 rings (SSSR count). The molecule has 0 N–H and O–H groups in total. The highest BCUT2D eigenvalue weighted by Gasteiger charge is 2.49. The largest absolute Gasteiger partial charge is 0.336 e. The number of ketones is 1. The molecule has 0 radical (unpaired) electrons. The van der Waals surface area contributed by atoms with Gasteiger partial charge in [-0.05, 0) is 25.5 Å². The highest BCUT2D eigenvalue weighted by molar-refractivity contribution is 6.06. The minimum atomic E-state index is -0.641. The van der Waals surface area contributed by atoms with E-state index in [-0.39, 0.29) is 16.8 Å². The van der Waals surface area contributed by atoms with Crippen molar-refractivity contribution in [2.75, 3.05) is 18.0 Å². The van der Waals surface area contributed by atoms with Gasteiger partial charge in [-0.2, -0.15) is 5.26 Å². The lowest BCUT2D eigenvalue weighted by molar-refractivity contribution is -0.122. The molecule has 1 aromatic rings. The molecule has 5 heteroatoms. The van der Waals surface area contributed by atoms with Crippen molar-refractivity contribution in [2.24, 2.45) is 10.8 Å². The minimum Gasteiger partial charge on any atom is -0.336 e. The van der Waals surface area contributed by atoms with Crippen molar-refractivity contribution < 1.29 is 4.79 Å². The fourth-order valence-corrected chi connectivity index (χ4v) is 3.61. The van der Waals surface area contributed by atoms with Gasteiger partial charge in [0.1, 0.15) is 6.07 Å². The third kappa shape index (κ3) is 2.03. The van der Waals surface area contributed by atoms with Crippen LogP contribution in [0.1, 0.15) is 20.8 Å². The van der Waals surface area contributed by atoms with E-state index in [4.69, 9.17) is 0 Å². The maximum Gasteiger partial charge on any atom is 0.225 e. The second kappa shape index (κ2) is 4.77. The third-order valence-electron chi connectivity index (χ3n) is 4.55. The second-order valence-electron chi connectivity index (χ2n) is 6.59. The molecule has 0 saturated heterocycles. The maximum atomic E-state index is 12.5. The first-order valence-electron chi connectivity index (χ1n) is 7.29. The standard InChI is InChI=1S/C17H18N4O/c1-16(2)13-5-8-21(15-19-6-4-7-20-15)11-17(13,3)9-12(10-18)14(16)22/h4-7,9H,8,11H2,1-3H3/t17-/m0/s1. The van der Waals surface area contributed by atoms with Crippen molar-refractivity contribution in [1.29, 1.82) is 5.26 Å². The zero-order valence-corrected chi connectivity index (χ0v) is 13.0. The van der Waals surface area contributed by atoms with E-state index in [0.717, 1.165) is 5.57 Å². The van der Waals surface area contributed by atoms with Crippen LogP contribution in [0.5, 0.6) is 0 Å². The van der Waals surface area contributed by atoms with Crippen LogP contribution in [0.25, 0.3) is 0 Å². The van der Waals surface area contributed by atoms with Crippen LogP contribution in [-0.2, 0) is 4.79 Å². The summed E-state index contributed by atoms with van der Waals surface area (Å²) in [6, 6.07) is 3.84. The molecule has 0 fully saturated rings. The molecular formula is C17H18N4O. The SMILES string of the molecule is CC1(C)C(=O)C(C#N)=C[C@@]2(C)CN(c3ncccn3)CC=C12. The fourth-order valence-electron chi connectivity index (χ4n) is 3.61. The van der Waals surface area contributed by atoms with E-state index in [1.165, 1.54) is 0 Å². The number of allylic oxidation sites excluding steroid dienone is 1. The van der Waals surface area contributed by atoms with Crippen molar-refractivity contribution in [3.8, 4) is 6.07 Å². The first-order chi connectivity index (χ1) is 10.4. The number of fused-ring (bicyclic) bond motifs is 1. The Morgan fingerprint density at radius 3 is 2.59 bits per heavy atom. The smallest absolute Gasteiger partial charge is 0.225 e. The van der Waals surface area contributed by atoms with Crippen molar-refractivity contribution in [2.45, 2.75) is 20.8 Å². The summed E-state index contributed by atoms with van der Waals surface area (Å²) in [5.74, 6) is 0.573. The molecule has 2 aliphatic rings. The molecule has 2 heterocycles. The van der Waals surface area contributed by atoms with Crippen molar-refractivity contribution >= 4 is 11.7 Å². The second-order valence-corrected chi connectivity index (χ2v) is 6.59. The van der Waals surface area contributed by atoms with Gasteiger partial charge < -0.3 is 4.90 Å². The van der Waals surface area contributed by atoms with Crippen LogP contribution < -0.4 is 4.90 Å². The Labute approximate surface area is 130 Å². The Bertz CT molecular complexity index is 727. The van der Waals surface area contributed by atoms with Crippen molar-refractivity contribution in [3.63, 3.8) is 0 Å². The molecule has 0 saturated carbocycles. The summed E-state index contributed by atoms with van der Waals surface area (Å²) in [4.78, 5) is 23.1. The average molecular weight is 294 g/mol. The van der Waals surface area contributed by atoms with Crippen LogP contribution in [0, 0.1) is 22.2 Å². The molecule has 1 aliphatic heterocycles. The van der Waals surface area contributed by atoms with Gasteiger partial charge in [-0.15, -0.1) is 0 Å². The Balaban J connectivity index is 2.07. The summed E-state index contributed by atoms with van der Waals surface area (Å²) in [6.45, 7) is 7.20. The molecule has 1 atom stereocenters. The van der Waals surface area contributed by atoms with E-state index in [0.29, 0.717) is 19.0 Å². The Hall–Kier alpha value is -2.48. The van der Waals surface area contributed by atoms with Gasteiger partial charge in [0.25, 0.3) is 0 Å².